The number of hydrogen-bond acceptors (Lipinski definition) is 5. The smallest absolute Gasteiger partial charge is 0.338 e. The summed E-state index contributed by atoms with van der Waals surface area (Å²) < 4.78 is 51.2. The van der Waals surface area contributed by atoms with Gasteiger partial charge < -0.3 is 4.90 Å². The summed E-state index contributed by atoms with van der Waals surface area (Å²) >= 11 is 5.72. The van der Waals surface area contributed by atoms with E-state index in [1.807, 2.05) is 0 Å². The maximum atomic E-state index is 13.2. The van der Waals surface area contributed by atoms with E-state index in [2.05, 4.69) is 20.8 Å². The molecule has 1 aliphatic heterocycles. The second kappa shape index (κ2) is 8.19. The second-order valence-corrected chi connectivity index (χ2v) is 6.71. The lowest BCUT2D eigenvalue weighted by molar-refractivity contribution is -0.141. The molecule has 0 radical (unpaired) electrons. The Kier molecular flexibility index (Phi) is 5.87. The summed E-state index contributed by atoms with van der Waals surface area (Å²) in [7, 11) is 0. The van der Waals surface area contributed by atoms with Crippen molar-refractivity contribution in [2.45, 2.75) is 19.1 Å². The minimum absolute atomic E-state index is 0.0753. The Morgan fingerprint density at radius 1 is 1.31 bits per heavy atom. The Balaban J connectivity index is 1.57. The first kappa shape index (κ1) is 20.8. The summed E-state index contributed by atoms with van der Waals surface area (Å²) in [4.78, 5) is 32.7. The topological polar surface area (TPSA) is 87.2 Å². The van der Waals surface area contributed by atoms with Crippen molar-refractivity contribution >= 4 is 29.4 Å². The Labute approximate surface area is 167 Å². The molecule has 2 amide bonds. The van der Waals surface area contributed by atoms with Gasteiger partial charge in [0.05, 0.1) is 10.9 Å². The predicted molar refractivity (Wildman–Crippen MR) is 93.7 cm³/mol. The number of nitrogens with one attached hydrogen (secondary N) is 2. The van der Waals surface area contributed by atoms with Crippen LogP contribution in [0.2, 0.25) is 5.02 Å². The number of amides is 2. The molecule has 154 valence electrons. The number of carbonyl (C=O) groups is 2. The molecule has 0 spiro atoms. The van der Waals surface area contributed by atoms with Crippen LogP contribution in [0, 0.1) is 11.7 Å². The summed E-state index contributed by atoms with van der Waals surface area (Å²) in [6, 6.07) is 4.75. The van der Waals surface area contributed by atoms with Gasteiger partial charge in [0.1, 0.15) is 11.5 Å². The van der Waals surface area contributed by atoms with Gasteiger partial charge >= 0.3 is 6.18 Å². The molecule has 0 bridgehead atoms. The number of halogens is 5. The molecule has 3 rings (SSSR count). The van der Waals surface area contributed by atoms with Crippen molar-refractivity contribution in [3.8, 4) is 0 Å². The van der Waals surface area contributed by atoms with Crippen LogP contribution >= 0.6 is 11.6 Å². The molecule has 12 heteroatoms. The third-order valence-electron chi connectivity index (χ3n) is 4.19. The molecule has 1 aromatic heterocycles. The fourth-order valence-corrected chi connectivity index (χ4v) is 2.96. The summed E-state index contributed by atoms with van der Waals surface area (Å²) in [6.07, 6.45) is -3.82. The van der Waals surface area contributed by atoms with E-state index < -0.39 is 35.5 Å². The third-order valence-corrected chi connectivity index (χ3v) is 4.48. The van der Waals surface area contributed by atoms with Gasteiger partial charge in [-0.15, -0.1) is 0 Å². The van der Waals surface area contributed by atoms with E-state index >= 15 is 0 Å². The second-order valence-electron chi connectivity index (χ2n) is 6.30. The van der Waals surface area contributed by atoms with Crippen molar-refractivity contribution in [1.29, 1.82) is 0 Å². The van der Waals surface area contributed by atoms with Crippen LogP contribution in [0.3, 0.4) is 0 Å². The minimum atomic E-state index is -4.65. The minimum Gasteiger partial charge on any atom is -0.338 e. The standard InChI is InChI=1S/C17H14ClF4N5O2/c18-11-5-9(1-2-12(11)19)7-27-8-10(6-14(27)28)15(29)25-26-16-23-4-3-13(24-16)17(20,21)22/h1-5,10H,6-8H2,(H,25,29)(H,23,24,26). The molecule has 0 saturated carbocycles. The van der Waals surface area contributed by atoms with Crippen LogP contribution < -0.4 is 10.9 Å². The van der Waals surface area contributed by atoms with Crippen LogP contribution in [0.4, 0.5) is 23.5 Å². The first-order valence-electron chi connectivity index (χ1n) is 8.31. The van der Waals surface area contributed by atoms with Crippen molar-refractivity contribution in [3.63, 3.8) is 0 Å². The normalized spacial score (nSPS) is 16.8. The first-order chi connectivity index (χ1) is 13.6. The van der Waals surface area contributed by atoms with Gasteiger partial charge in [-0.25, -0.2) is 14.4 Å². The number of anilines is 1. The van der Waals surface area contributed by atoms with Gasteiger partial charge in [0, 0.05) is 25.7 Å². The molecular weight excluding hydrogens is 418 g/mol. The fraction of sp³-hybridized carbons (Fsp3) is 0.294. The van der Waals surface area contributed by atoms with Crippen LogP contribution in [-0.4, -0.2) is 33.2 Å². The zero-order chi connectivity index (χ0) is 21.2. The van der Waals surface area contributed by atoms with Gasteiger partial charge in [-0.2, -0.15) is 13.2 Å². The van der Waals surface area contributed by atoms with Crippen LogP contribution in [-0.2, 0) is 22.3 Å². The summed E-state index contributed by atoms with van der Waals surface area (Å²) in [6.45, 7) is 0.234. The van der Waals surface area contributed by atoms with Crippen molar-refractivity contribution in [2.24, 2.45) is 5.92 Å². The van der Waals surface area contributed by atoms with Gasteiger partial charge in [-0.3, -0.25) is 20.4 Å². The highest BCUT2D eigenvalue weighted by Crippen LogP contribution is 2.27. The van der Waals surface area contributed by atoms with Crippen LogP contribution in [0.15, 0.2) is 30.5 Å². The Hall–Kier alpha value is -2.95. The summed E-state index contributed by atoms with van der Waals surface area (Å²) in [5.74, 6) is -2.63. The molecule has 1 aliphatic rings. The Bertz CT molecular complexity index is 940. The molecule has 2 heterocycles. The molecule has 1 unspecified atom stereocenters. The molecule has 2 N–H and O–H groups in total. The van der Waals surface area contributed by atoms with Crippen molar-refractivity contribution < 1.29 is 27.2 Å². The molecule has 1 atom stereocenters. The molecular formula is C17H14ClF4N5O2. The van der Waals surface area contributed by atoms with Crippen molar-refractivity contribution in [2.75, 3.05) is 12.0 Å². The lowest BCUT2D eigenvalue weighted by Gasteiger charge is -2.17. The van der Waals surface area contributed by atoms with E-state index in [0.29, 0.717) is 11.6 Å². The molecule has 1 fully saturated rings. The van der Waals surface area contributed by atoms with E-state index in [1.54, 1.807) is 0 Å². The number of nitrogens with zero attached hydrogens (tertiary/aromatic N) is 3. The van der Waals surface area contributed by atoms with Gasteiger partial charge in [0.15, 0.2) is 0 Å². The van der Waals surface area contributed by atoms with Gasteiger partial charge in [-0.05, 0) is 23.8 Å². The average molecular weight is 432 g/mol. The maximum absolute atomic E-state index is 13.2. The van der Waals surface area contributed by atoms with Crippen LogP contribution in [0.1, 0.15) is 17.7 Å². The quantitative estimate of drug-likeness (QED) is 0.561. The highest BCUT2D eigenvalue weighted by atomic mass is 35.5. The first-order valence-corrected chi connectivity index (χ1v) is 8.69. The third kappa shape index (κ3) is 5.11. The number of likely N-dealkylation sites (tertiary alicyclic amines) is 1. The average Bonchev–Trinajstić information content (AvgIpc) is 3.03. The predicted octanol–water partition coefficient (Wildman–Crippen LogP) is 2.78. The number of aromatic nitrogens is 2. The van der Waals surface area contributed by atoms with E-state index in [4.69, 9.17) is 11.6 Å². The highest BCUT2D eigenvalue weighted by Gasteiger charge is 2.35. The van der Waals surface area contributed by atoms with Gasteiger partial charge in [0.2, 0.25) is 17.8 Å². The van der Waals surface area contributed by atoms with Crippen molar-refractivity contribution in [3.05, 3.63) is 52.6 Å². The monoisotopic (exact) mass is 431 g/mol. The van der Waals surface area contributed by atoms with Crippen LogP contribution in [0.5, 0.6) is 0 Å². The highest BCUT2D eigenvalue weighted by molar-refractivity contribution is 6.30. The van der Waals surface area contributed by atoms with Crippen LogP contribution in [0.25, 0.3) is 0 Å². The lowest BCUT2D eigenvalue weighted by Crippen LogP contribution is -2.37. The van der Waals surface area contributed by atoms with E-state index in [1.165, 1.54) is 23.1 Å². The molecule has 1 aromatic carbocycles. The van der Waals surface area contributed by atoms with Gasteiger partial charge in [-0.1, -0.05) is 17.7 Å². The van der Waals surface area contributed by atoms with E-state index in [-0.39, 0.29) is 30.4 Å². The Morgan fingerprint density at radius 2 is 2.07 bits per heavy atom. The number of rotatable bonds is 5. The molecule has 29 heavy (non-hydrogen) atoms. The summed E-state index contributed by atoms with van der Waals surface area (Å²) in [5, 5.41) is -0.0753. The van der Waals surface area contributed by atoms with E-state index in [9.17, 15) is 27.2 Å². The molecule has 2 aromatic rings. The molecule has 0 aliphatic carbocycles. The number of hydrazine groups is 1. The van der Waals surface area contributed by atoms with Gasteiger partial charge in [0.25, 0.3) is 0 Å². The number of alkyl halides is 3. The molecule has 7 nitrogen and oxygen atoms in total. The SMILES string of the molecule is O=C(NNc1nccc(C(F)(F)F)n1)C1CC(=O)N(Cc2ccc(F)c(Cl)c2)C1. The zero-order valence-electron chi connectivity index (χ0n) is 14.6. The summed E-state index contributed by atoms with van der Waals surface area (Å²) in [5.41, 5.74) is 3.86. The van der Waals surface area contributed by atoms with E-state index in [0.717, 1.165) is 6.20 Å². The Morgan fingerprint density at radius 3 is 2.76 bits per heavy atom. The number of hydrogen-bond donors (Lipinski definition) is 2. The maximum Gasteiger partial charge on any atom is 0.433 e. The number of benzene rings is 1. The van der Waals surface area contributed by atoms with Crippen molar-refractivity contribution in [1.82, 2.24) is 20.3 Å². The fourth-order valence-electron chi connectivity index (χ4n) is 2.76. The lowest BCUT2D eigenvalue weighted by atomic mass is 10.1. The molecule has 1 saturated heterocycles. The number of carbonyl (C=O) groups excluding carboxylic acids is 2. The largest absolute Gasteiger partial charge is 0.433 e. The zero-order valence-corrected chi connectivity index (χ0v) is 15.4.